The molecular weight excluding hydrogens is 258 g/mol. The largest absolute Gasteiger partial charge is 0.486 e. The van der Waals surface area contributed by atoms with Gasteiger partial charge in [0.1, 0.15) is 23.1 Å². The Morgan fingerprint density at radius 2 is 2.35 bits per heavy atom. The van der Waals surface area contributed by atoms with Crippen LogP contribution in [-0.4, -0.2) is 10.8 Å². The predicted octanol–water partition coefficient (Wildman–Crippen LogP) is 3.58. The summed E-state index contributed by atoms with van der Waals surface area (Å²) in [5.74, 6) is 0.660. The van der Waals surface area contributed by atoms with Gasteiger partial charge in [-0.25, -0.2) is 4.98 Å². The normalized spacial score (nSPS) is 10.2. The average molecular weight is 268 g/mol. The van der Waals surface area contributed by atoms with Gasteiger partial charge in [-0.3, -0.25) is 4.79 Å². The van der Waals surface area contributed by atoms with E-state index in [0.29, 0.717) is 23.1 Å². The standard InChI is InChI=1S/C12H10ClNO2S/c1-8(15)11-7-17-12(14-11)6-16-10-4-2-3-9(13)5-10/h2-5,7H,6H2,1H3. The Kier molecular flexibility index (Phi) is 3.76. The molecule has 0 aliphatic rings. The van der Waals surface area contributed by atoms with Crippen LogP contribution in [0.2, 0.25) is 5.02 Å². The monoisotopic (exact) mass is 267 g/mol. The van der Waals surface area contributed by atoms with Gasteiger partial charge in [-0.15, -0.1) is 11.3 Å². The van der Waals surface area contributed by atoms with Crippen LogP contribution in [0.5, 0.6) is 5.75 Å². The topological polar surface area (TPSA) is 39.2 Å². The summed E-state index contributed by atoms with van der Waals surface area (Å²) in [6.45, 7) is 1.84. The van der Waals surface area contributed by atoms with E-state index in [-0.39, 0.29) is 5.78 Å². The Balaban J connectivity index is 2.00. The van der Waals surface area contributed by atoms with Crippen molar-refractivity contribution in [2.45, 2.75) is 13.5 Å². The van der Waals surface area contributed by atoms with E-state index in [1.165, 1.54) is 18.3 Å². The first kappa shape index (κ1) is 12.1. The summed E-state index contributed by atoms with van der Waals surface area (Å²) >= 11 is 7.25. The van der Waals surface area contributed by atoms with E-state index in [1.54, 1.807) is 17.5 Å². The van der Waals surface area contributed by atoms with Crippen molar-refractivity contribution in [3.8, 4) is 5.75 Å². The number of carbonyl (C=O) groups is 1. The van der Waals surface area contributed by atoms with Gasteiger partial charge in [0, 0.05) is 17.3 Å². The number of hydrogen-bond donors (Lipinski definition) is 0. The smallest absolute Gasteiger partial charge is 0.178 e. The highest BCUT2D eigenvalue weighted by atomic mass is 35.5. The Morgan fingerprint density at radius 3 is 3.00 bits per heavy atom. The van der Waals surface area contributed by atoms with Crippen molar-refractivity contribution in [1.29, 1.82) is 0 Å². The summed E-state index contributed by atoms with van der Waals surface area (Å²) in [4.78, 5) is 15.2. The number of ether oxygens (including phenoxy) is 1. The fourth-order valence-electron chi connectivity index (χ4n) is 1.24. The third kappa shape index (κ3) is 3.28. The maximum absolute atomic E-state index is 11.1. The molecule has 0 aliphatic carbocycles. The van der Waals surface area contributed by atoms with Gasteiger partial charge in [-0.2, -0.15) is 0 Å². The van der Waals surface area contributed by atoms with E-state index >= 15 is 0 Å². The first-order valence-corrected chi connectivity index (χ1v) is 6.24. The molecule has 0 amide bonds. The number of halogens is 1. The lowest BCUT2D eigenvalue weighted by Gasteiger charge is -2.03. The second-order valence-corrected chi connectivity index (χ2v) is 4.81. The van der Waals surface area contributed by atoms with Crippen molar-refractivity contribution in [3.63, 3.8) is 0 Å². The SMILES string of the molecule is CC(=O)c1csc(COc2cccc(Cl)c2)n1. The Labute approximate surface area is 108 Å². The number of Topliss-reactive ketones (excluding diaryl/α,β-unsaturated/α-hetero) is 1. The lowest BCUT2D eigenvalue weighted by molar-refractivity contribution is 0.101. The predicted molar refractivity (Wildman–Crippen MR) is 67.9 cm³/mol. The summed E-state index contributed by atoms with van der Waals surface area (Å²) in [6, 6.07) is 7.17. The van der Waals surface area contributed by atoms with Crippen LogP contribution in [-0.2, 0) is 6.61 Å². The molecule has 0 fully saturated rings. The first-order valence-electron chi connectivity index (χ1n) is 4.99. The quantitative estimate of drug-likeness (QED) is 0.795. The molecular formula is C12H10ClNO2S. The molecule has 0 bridgehead atoms. The van der Waals surface area contributed by atoms with Crippen LogP contribution in [0, 0.1) is 0 Å². The molecule has 0 saturated heterocycles. The number of aromatic nitrogens is 1. The number of rotatable bonds is 4. The highest BCUT2D eigenvalue weighted by Gasteiger charge is 2.06. The fourth-order valence-corrected chi connectivity index (χ4v) is 2.17. The molecule has 0 radical (unpaired) electrons. The zero-order chi connectivity index (χ0) is 12.3. The summed E-state index contributed by atoms with van der Waals surface area (Å²) in [7, 11) is 0. The molecule has 0 spiro atoms. The summed E-state index contributed by atoms with van der Waals surface area (Å²) in [5.41, 5.74) is 0.486. The number of nitrogens with zero attached hydrogens (tertiary/aromatic N) is 1. The minimum absolute atomic E-state index is 0.0322. The second kappa shape index (κ2) is 5.29. The van der Waals surface area contributed by atoms with E-state index in [0.717, 1.165) is 5.01 Å². The van der Waals surface area contributed by atoms with E-state index in [2.05, 4.69) is 4.98 Å². The lowest BCUT2D eigenvalue weighted by atomic mass is 10.3. The van der Waals surface area contributed by atoms with Crippen LogP contribution in [0.15, 0.2) is 29.6 Å². The molecule has 5 heteroatoms. The Bertz CT molecular complexity index is 539. The summed E-state index contributed by atoms with van der Waals surface area (Å²) in [6.07, 6.45) is 0. The average Bonchev–Trinajstić information content (AvgIpc) is 2.75. The van der Waals surface area contributed by atoms with Crippen LogP contribution < -0.4 is 4.74 Å². The summed E-state index contributed by atoms with van der Waals surface area (Å²) in [5, 5.41) is 3.14. The van der Waals surface area contributed by atoms with Crippen molar-refractivity contribution in [2.24, 2.45) is 0 Å². The van der Waals surface area contributed by atoms with E-state index in [9.17, 15) is 4.79 Å². The van der Waals surface area contributed by atoms with E-state index in [4.69, 9.17) is 16.3 Å². The minimum atomic E-state index is -0.0322. The fraction of sp³-hybridized carbons (Fsp3) is 0.167. The molecule has 1 aromatic heterocycles. The van der Waals surface area contributed by atoms with Crippen molar-refractivity contribution in [3.05, 3.63) is 45.4 Å². The number of hydrogen-bond acceptors (Lipinski definition) is 4. The van der Waals surface area contributed by atoms with E-state index in [1.807, 2.05) is 12.1 Å². The minimum Gasteiger partial charge on any atom is -0.486 e. The van der Waals surface area contributed by atoms with Gasteiger partial charge in [0.25, 0.3) is 0 Å². The highest BCUT2D eigenvalue weighted by molar-refractivity contribution is 7.09. The molecule has 0 saturated carbocycles. The first-order chi connectivity index (χ1) is 8.15. The molecule has 0 aliphatic heterocycles. The number of carbonyl (C=O) groups excluding carboxylic acids is 1. The molecule has 88 valence electrons. The molecule has 3 nitrogen and oxygen atoms in total. The zero-order valence-electron chi connectivity index (χ0n) is 9.14. The van der Waals surface area contributed by atoms with E-state index < -0.39 is 0 Å². The number of thiazole rings is 1. The third-order valence-electron chi connectivity index (χ3n) is 2.07. The maximum atomic E-state index is 11.1. The maximum Gasteiger partial charge on any atom is 0.178 e. The lowest BCUT2D eigenvalue weighted by Crippen LogP contribution is -1.97. The number of ketones is 1. The molecule has 0 atom stereocenters. The molecule has 2 aromatic rings. The van der Waals surface area contributed by atoms with Gasteiger partial charge in [0.05, 0.1) is 0 Å². The molecule has 17 heavy (non-hydrogen) atoms. The molecule has 2 rings (SSSR count). The molecule has 0 unspecified atom stereocenters. The van der Waals surface area contributed by atoms with Crippen molar-refractivity contribution in [2.75, 3.05) is 0 Å². The molecule has 1 aromatic carbocycles. The van der Waals surface area contributed by atoms with Crippen LogP contribution in [0.25, 0.3) is 0 Å². The van der Waals surface area contributed by atoms with Gasteiger partial charge in [-0.1, -0.05) is 17.7 Å². The van der Waals surface area contributed by atoms with Crippen molar-refractivity contribution >= 4 is 28.7 Å². The van der Waals surface area contributed by atoms with Gasteiger partial charge >= 0.3 is 0 Å². The Hall–Kier alpha value is -1.39. The third-order valence-corrected chi connectivity index (χ3v) is 3.13. The van der Waals surface area contributed by atoms with Crippen molar-refractivity contribution in [1.82, 2.24) is 4.98 Å². The zero-order valence-corrected chi connectivity index (χ0v) is 10.7. The molecule has 1 heterocycles. The van der Waals surface area contributed by atoms with Crippen LogP contribution >= 0.6 is 22.9 Å². The second-order valence-electron chi connectivity index (χ2n) is 3.43. The van der Waals surface area contributed by atoms with Crippen LogP contribution in [0.3, 0.4) is 0 Å². The van der Waals surface area contributed by atoms with Gasteiger partial charge < -0.3 is 4.74 Å². The number of benzene rings is 1. The summed E-state index contributed by atoms with van der Waals surface area (Å²) < 4.78 is 5.52. The van der Waals surface area contributed by atoms with Crippen LogP contribution in [0.1, 0.15) is 22.4 Å². The Morgan fingerprint density at radius 1 is 1.53 bits per heavy atom. The molecule has 0 N–H and O–H groups in total. The van der Waals surface area contributed by atoms with Gasteiger partial charge in [-0.05, 0) is 18.2 Å². The van der Waals surface area contributed by atoms with Gasteiger partial charge in [0.2, 0.25) is 0 Å². The van der Waals surface area contributed by atoms with Crippen LogP contribution in [0.4, 0.5) is 0 Å². The van der Waals surface area contributed by atoms with Gasteiger partial charge in [0.15, 0.2) is 5.78 Å². The highest BCUT2D eigenvalue weighted by Crippen LogP contribution is 2.19. The van der Waals surface area contributed by atoms with Crippen molar-refractivity contribution < 1.29 is 9.53 Å².